The Hall–Kier alpha value is -2.04. The van der Waals surface area contributed by atoms with Crippen LogP contribution < -0.4 is 0 Å². The van der Waals surface area contributed by atoms with Crippen LogP contribution in [0, 0.1) is 18.3 Å². The third-order valence-electron chi connectivity index (χ3n) is 4.75. The van der Waals surface area contributed by atoms with Gasteiger partial charge in [-0.3, -0.25) is 0 Å². The number of hydrogen-bond donors (Lipinski definition) is 1. The lowest BCUT2D eigenvalue weighted by Gasteiger charge is -2.25. The molecule has 1 heteroatoms. The van der Waals surface area contributed by atoms with Gasteiger partial charge in [0.25, 0.3) is 0 Å². The Morgan fingerprint density at radius 3 is 2.05 bits per heavy atom. The molecule has 1 N–H and O–H groups in total. The van der Waals surface area contributed by atoms with Crippen molar-refractivity contribution in [2.75, 3.05) is 0 Å². The molecular weight excluding hydrogens is 268 g/mol. The maximum Gasteiger partial charge on any atom is 0.176 e. The highest BCUT2D eigenvalue weighted by Gasteiger charge is 2.29. The van der Waals surface area contributed by atoms with E-state index in [1.807, 2.05) is 42.5 Å². The van der Waals surface area contributed by atoms with Gasteiger partial charge in [-0.05, 0) is 17.4 Å². The molecule has 0 fully saturated rings. The lowest BCUT2D eigenvalue weighted by molar-refractivity contribution is 0.145. The summed E-state index contributed by atoms with van der Waals surface area (Å²) in [6, 6.07) is 17.5. The van der Waals surface area contributed by atoms with E-state index in [1.165, 1.54) is 5.56 Å². The standard InChI is InChI=1S/C21H24O/c1-5-16(3)17(4)18-12-14-20(15-13-18)21(22,6-2)19-10-8-7-9-11-19/h2,7-17,22H,5H2,1,3-4H3. The van der Waals surface area contributed by atoms with Crippen molar-refractivity contribution in [3.05, 3.63) is 71.3 Å². The summed E-state index contributed by atoms with van der Waals surface area (Å²) < 4.78 is 0. The quantitative estimate of drug-likeness (QED) is 0.792. The van der Waals surface area contributed by atoms with E-state index in [4.69, 9.17) is 6.42 Å². The van der Waals surface area contributed by atoms with Gasteiger partial charge in [-0.25, -0.2) is 0 Å². The molecule has 114 valence electrons. The number of benzene rings is 2. The predicted octanol–water partition coefficient (Wildman–Crippen LogP) is 4.71. The fourth-order valence-corrected chi connectivity index (χ4v) is 2.72. The van der Waals surface area contributed by atoms with Crippen LogP contribution in [-0.4, -0.2) is 5.11 Å². The topological polar surface area (TPSA) is 20.2 Å². The van der Waals surface area contributed by atoms with Crippen molar-refractivity contribution in [2.24, 2.45) is 5.92 Å². The number of aliphatic hydroxyl groups is 1. The molecule has 0 heterocycles. The zero-order chi connectivity index (χ0) is 16.2. The van der Waals surface area contributed by atoms with E-state index in [9.17, 15) is 5.11 Å². The van der Waals surface area contributed by atoms with E-state index < -0.39 is 5.60 Å². The van der Waals surface area contributed by atoms with Gasteiger partial charge in [0.05, 0.1) is 0 Å². The summed E-state index contributed by atoms with van der Waals surface area (Å²) in [5.41, 5.74) is 1.37. The Morgan fingerprint density at radius 2 is 1.55 bits per heavy atom. The average Bonchev–Trinajstić information content (AvgIpc) is 2.60. The van der Waals surface area contributed by atoms with Crippen molar-refractivity contribution in [2.45, 2.75) is 38.7 Å². The second-order valence-corrected chi connectivity index (χ2v) is 6.02. The maximum atomic E-state index is 10.9. The minimum atomic E-state index is -1.38. The lowest BCUT2D eigenvalue weighted by Crippen LogP contribution is -2.25. The molecule has 0 aliphatic carbocycles. The molecule has 1 nitrogen and oxygen atoms in total. The normalized spacial score (nSPS) is 16.3. The minimum Gasteiger partial charge on any atom is -0.369 e. The Bertz CT molecular complexity index is 636. The summed E-state index contributed by atoms with van der Waals surface area (Å²) in [5, 5.41) is 10.9. The average molecular weight is 292 g/mol. The molecule has 22 heavy (non-hydrogen) atoms. The van der Waals surface area contributed by atoms with Crippen molar-refractivity contribution >= 4 is 0 Å². The first kappa shape index (κ1) is 16.3. The largest absolute Gasteiger partial charge is 0.369 e. The molecule has 3 atom stereocenters. The Morgan fingerprint density at radius 1 is 1.00 bits per heavy atom. The highest BCUT2D eigenvalue weighted by molar-refractivity contribution is 5.44. The first-order chi connectivity index (χ1) is 10.5. The van der Waals surface area contributed by atoms with Gasteiger partial charge in [-0.15, -0.1) is 6.42 Å². The number of hydrogen-bond acceptors (Lipinski definition) is 1. The van der Waals surface area contributed by atoms with Crippen LogP contribution in [0.1, 0.15) is 49.8 Å². The molecule has 0 aromatic heterocycles. The van der Waals surface area contributed by atoms with Crippen LogP contribution in [0.2, 0.25) is 0 Å². The fourth-order valence-electron chi connectivity index (χ4n) is 2.72. The van der Waals surface area contributed by atoms with Crippen molar-refractivity contribution < 1.29 is 5.11 Å². The van der Waals surface area contributed by atoms with Crippen LogP contribution in [0.25, 0.3) is 0 Å². The van der Waals surface area contributed by atoms with E-state index >= 15 is 0 Å². The highest BCUT2D eigenvalue weighted by Crippen LogP contribution is 2.31. The van der Waals surface area contributed by atoms with E-state index in [0.29, 0.717) is 11.8 Å². The third kappa shape index (κ3) is 3.08. The van der Waals surface area contributed by atoms with Crippen LogP contribution in [-0.2, 0) is 5.60 Å². The summed E-state index contributed by atoms with van der Waals surface area (Å²) in [6.07, 6.45) is 6.79. The minimum absolute atomic E-state index is 0.495. The van der Waals surface area contributed by atoms with Gasteiger partial charge in [0, 0.05) is 11.1 Å². The number of rotatable bonds is 5. The van der Waals surface area contributed by atoms with Crippen molar-refractivity contribution in [3.63, 3.8) is 0 Å². The number of terminal acetylenes is 1. The molecule has 2 rings (SSSR count). The molecule has 0 saturated heterocycles. The predicted molar refractivity (Wildman–Crippen MR) is 92.6 cm³/mol. The SMILES string of the molecule is C#CC(O)(c1ccccc1)c1ccc(C(C)C(C)CC)cc1. The fraction of sp³-hybridized carbons (Fsp3) is 0.333. The summed E-state index contributed by atoms with van der Waals surface area (Å²) in [6.45, 7) is 6.72. The van der Waals surface area contributed by atoms with E-state index in [-0.39, 0.29) is 0 Å². The molecule has 0 amide bonds. The van der Waals surface area contributed by atoms with Crippen molar-refractivity contribution in [1.82, 2.24) is 0 Å². The summed E-state index contributed by atoms with van der Waals surface area (Å²) >= 11 is 0. The van der Waals surface area contributed by atoms with Crippen LogP contribution in [0.5, 0.6) is 0 Å². The summed E-state index contributed by atoms with van der Waals surface area (Å²) in [4.78, 5) is 0. The zero-order valence-electron chi connectivity index (χ0n) is 13.6. The molecule has 0 saturated carbocycles. The zero-order valence-corrected chi connectivity index (χ0v) is 13.6. The summed E-state index contributed by atoms with van der Waals surface area (Å²) in [7, 11) is 0. The van der Waals surface area contributed by atoms with E-state index in [2.05, 4.69) is 38.8 Å². The first-order valence-corrected chi connectivity index (χ1v) is 7.89. The van der Waals surface area contributed by atoms with Gasteiger partial charge in [-0.1, -0.05) is 87.7 Å². The molecule has 2 aromatic rings. The molecule has 0 spiro atoms. The first-order valence-electron chi connectivity index (χ1n) is 7.89. The maximum absolute atomic E-state index is 10.9. The van der Waals surface area contributed by atoms with Gasteiger partial charge >= 0.3 is 0 Å². The van der Waals surface area contributed by atoms with Gasteiger partial charge in [0.1, 0.15) is 0 Å². The Labute approximate surface area is 134 Å². The van der Waals surface area contributed by atoms with Gasteiger partial charge < -0.3 is 5.11 Å². The Kier molecular flexibility index (Phi) is 5.06. The van der Waals surface area contributed by atoms with Gasteiger partial charge in [0.15, 0.2) is 5.60 Å². The Balaban J connectivity index is 2.35. The van der Waals surface area contributed by atoms with E-state index in [1.54, 1.807) is 0 Å². The summed E-state index contributed by atoms with van der Waals surface area (Å²) in [5.74, 6) is 3.68. The second-order valence-electron chi connectivity index (χ2n) is 6.02. The smallest absolute Gasteiger partial charge is 0.176 e. The monoisotopic (exact) mass is 292 g/mol. The van der Waals surface area contributed by atoms with Crippen LogP contribution in [0.3, 0.4) is 0 Å². The second kappa shape index (κ2) is 6.81. The van der Waals surface area contributed by atoms with Crippen LogP contribution in [0.15, 0.2) is 54.6 Å². The van der Waals surface area contributed by atoms with Crippen molar-refractivity contribution in [1.29, 1.82) is 0 Å². The molecule has 3 unspecified atom stereocenters. The van der Waals surface area contributed by atoms with Crippen LogP contribution >= 0.6 is 0 Å². The molecular formula is C21H24O. The lowest BCUT2D eigenvalue weighted by atomic mass is 9.83. The molecule has 2 aromatic carbocycles. The molecule has 0 aliphatic rings. The van der Waals surface area contributed by atoms with Gasteiger partial charge in [0.2, 0.25) is 0 Å². The molecule has 0 radical (unpaired) electrons. The molecule has 0 aliphatic heterocycles. The van der Waals surface area contributed by atoms with E-state index in [0.717, 1.165) is 17.5 Å². The third-order valence-corrected chi connectivity index (χ3v) is 4.75. The van der Waals surface area contributed by atoms with Gasteiger partial charge in [-0.2, -0.15) is 0 Å². The van der Waals surface area contributed by atoms with Crippen LogP contribution in [0.4, 0.5) is 0 Å². The van der Waals surface area contributed by atoms with Crippen molar-refractivity contribution in [3.8, 4) is 12.3 Å². The molecule has 0 bridgehead atoms. The highest BCUT2D eigenvalue weighted by atomic mass is 16.3.